The van der Waals surface area contributed by atoms with Crippen LogP contribution in [-0.2, 0) is 4.79 Å². The summed E-state index contributed by atoms with van der Waals surface area (Å²) in [6, 6.07) is 7.01. The first-order valence-corrected chi connectivity index (χ1v) is 6.92. The Morgan fingerprint density at radius 1 is 1.20 bits per heavy atom. The highest BCUT2D eigenvalue weighted by atomic mass is 16.2. The molecular formula is C15H23N3O2. The van der Waals surface area contributed by atoms with E-state index in [1.807, 2.05) is 20.8 Å². The number of nitrogens with one attached hydrogen (secondary N) is 3. The highest BCUT2D eigenvalue weighted by Gasteiger charge is 2.12. The third kappa shape index (κ3) is 5.40. The van der Waals surface area contributed by atoms with Crippen LogP contribution in [0.15, 0.2) is 24.3 Å². The van der Waals surface area contributed by atoms with Crippen LogP contribution in [0, 0.1) is 5.92 Å². The number of carbonyl (C=O) groups is 2. The van der Waals surface area contributed by atoms with Crippen LogP contribution in [0.4, 0.5) is 5.69 Å². The lowest BCUT2D eigenvalue weighted by atomic mass is 10.1. The van der Waals surface area contributed by atoms with Gasteiger partial charge in [0.2, 0.25) is 5.91 Å². The number of likely N-dealkylation sites (N-methyl/N-ethyl adjacent to an activating group) is 1. The number of amides is 2. The van der Waals surface area contributed by atoms with Crippen LogP contribution >= 0.6 is 0 Å². The van der Waals surface area contributed by atoms with Gasteiger partial charge >= 0.3 is 0 Å². The van der Waals surface area contributed by atoms with E-state index < -0.39 is 0 Å². The van der Waals surface area contributed by atoms with Gasteiger partial charge in [-0.1, -0.05) is 32.9 Å². The Bertz CT molecular complexity index is 458. The van der Waals surface area contributed by atoms with Crippen LogP contribution in [0.3, 0.4) is 0 Å². The van der Waals surface area contributed by atoms with Crippen LogP contribution in [0.2, 0.25) is 0 Å². The maximum Gasteiger partial charge on any atom is 0.253 e. The lowest BCUT2D eigenvalue weighted by molar-refractivity contribution is -0.115. The maximum absolute atomic E-state index is 12.1. The van der Waals surface area contributed by atoms with Gasteiger partial charge < -0.3 is 16.0 Å². The molecule has 0 heterocycles. The fraction of sp³-hybridized carbons (Fsp3) is 0.467. The number of rotatable bonds is 7. The molecule has 0 aliphatic rings. The third-order valence-corrected chi connectivity index (χ3v) is 2.65. The van der Waals surface area contributed by atoms with Crippen molar-refractivity contribution >= 4 is 17.5 Å². The van der Waals surface area contributed by atoms with Gasteiger partial charge in [0.25, 0.3) is 5.91 Å². The van der Waals surface area contributed by atoms with Gasteiger partial charge in [-0.2, -0.15) is 0 Å². The summed E-state index contributed by atoms with van der Waals surface area (Å²) in [5.74, 6) is 0.0588. The molecule has 0 saturated carbocycles. The summed E-state index contributed by atoms with van der Waals surface area (Å²) >= 11 is 0. The Hall–Kier alpha value is -1.88. The van der Waals surface area contributed by atoms with Gasteiger partial charge in [0, 0.05) is 6.54 Å². The van der Waals surface area contributed by atoms with Gasteiger partial charge in [-0.05, 0) is 24.6 Å². The fourth-order valence-electron chi connectivity index (χ4n) is 1.62. The van der Waals surface area contributed by atoms with Crippen LogP contribution in [-0.4, -0.2) is 31.4 Å². The Kier molecular flexibility index (Phi) is 6.73. The predicted octanol–water partition coefficient (Wildman–Crippen LogP) is 1.62. The minimum Gasteiger partial charge on any atom is -0.352 e. The van der Waals surface area contributed by atoms with Gasteiger partial charge in [0.05, 0.1) is 17.8 Å². The van der Waals surface area contributed by atoms with Crippen molar-refractivity contribution < 1.29 is 9.59 Å². The zero-order valence-corrected chi connectivity index (χ0v) is 12.3. The number of para-hydroxylation sites is 1. The second-order valence-electron chi connectivity index (χ2n) is 4.98. The molecule has 5 heteroatoms. The summed E-state index contributed by atoms with van der Waals surface area (Å²) in [5, 5.41) is 8.55. The van der Waals surface area contributed by atoms with Gasteiger partial charge in [0.15, 0.2) is 0 Å². The number of hydrogen-bond acceptors (Lipinski definition) is 3. The molecule has 0 aliphatic heterocycles. The SMILES string of the molecule is CCNCC(=O)Nc1ccccc1C(=O)NCC(C)C. The van der Waals surface area contributed by atoms with Crippen LogP contribution in [0.5, 0.6) is 0 Å². The number of anilines is 1. The molecule has 0 aromatic heterocycles. The molecule has 20 heavy (non-hydrogen) atoms. The quantitative estimate of drug-likeness (QED) is 0.709. The van der Waals surface area contributed by atoms with Crippen LogP contribution in [0.1, 0.15) is 31.1 Å². The van der Waals surface area contributed by atoms with E-state index in [4.69, 9.17) is 0 Å². The highest BCUT2D eigenvalue weighted by molar-refractivity contribution is 6.04. The molecule has 1 aromatic carbocycles. The highest BCUT2D eigenvalue weighted by Crippen LogP contribution is 2.14. The zero-order chi connectivity index (χ0) is 15.0. The molecular weight excluding hydrogens is 254 g/mol. The lowest BCUT2D eigenvalue weighted by Crippen LogP contribution is -2.30. The second kappa shape index (κ2) is 8.32. The summed E-state index contributed by atoms with van der Waals surface area (Å²) in [6.07, 6.45) is 0. The Morgan fingerprint density at radius 2 is 1.90 bits per heavy atom. The number of benzene rings is 1. The molecule has 2 amide bonds. The molecule has 0 unspecified atom stereocenters. The Balaban J connectivity index is 2.72. The monoisotopic (exact) mass is 277 g/mol. The van der Waals surface area contributed by atoms with E-state index in [9.17, 15) is 9.59 Å². The summed E-state index contributed by atoms with van der Waals surface area (Å²) < 4.78 is 0. The zero-order valence-electron chi connectivity index (χ0n) is 12.3. The van der Waals surface area contributed by atoms with Crippen molar-refractivity contribution in [2.24, 2.45) is 5.92 Å². The van der Waals surface area contributed by atoms with Gasteiger partial charge in [-0.25, -0.2) is 0 Å². The summed E-state index contributed by atoms with van der Waals surface area (Å²) in [5.41, 5.74) is 1.02. The molecule has 1 rings (SSSR count). The molecule has 110 valence electrons. The topological polar surface area (TPSA) is 70.2 Å². The Labute approximate surface area is 120 Å². The second-order valence-corrected chi connectivity index (χ2v) is 4.98. The molecule has 0 radical (unpaired) electrons. The molecule has 5 nitrogen and oxygen atoms in total. The van der Waals surface area contributed by atoms with Gasteiger partial charge in [0.1, 0.15) is 0 Å². The molecule has 0 fully saturated rings. The first kappa shape index (κ1) is 16.2. The normalized spacial score (nSPS) is 10.4. The van der Waals surface area contributed by atoms with E-state index in [0.717, 1.165) is 6.54 Å². The van der Waals surface area contributed by atoms with E-state index in [1.54, 1.807) is 24.3 Å². The fourth-order valence-corrected chi connectivity index (χ4v) is 1.62. The molecule has 0 saturated heterocycles. The van der Waals surface area contributed by atoms with E-state index in [1.165, 1.54) is 0 Å². The van der Waals surface area contributed by atoms with Crippen LogP contribution in [0.25, 0.3) is 0 Å². The van der Waals surface area contributed by atoms with Crippen molar-refractivity contribution in [2.45, 2.75) is 20.8 Å². The van der Waals surface area contributed by atoms with E-state index in [-0.39, 0.29) is 18.4 Å². The van der Waals surface area contributed by atoms with Crippen molar-refractivity contribution in [3.05, 3.63) is 29.8 Å². The number of carbonyl (C=O) groups excluding carboxylic acids is 2. The van der Waals surface area contributed by atoms with Gasteiger partial charge in [-0.15, -0.1) is 0 Å². The van der Waals surface area contributed by atoms with E-state index in [0.29, 0.717) is 23.7 Å². The third-order valence-electron chi connectivity index (χ3n) is 2.65. The van der Waals surface area contributed by atoms with Crippen molar-refractivity contribution in [1.82, 2.24) is 10.6 Å². The Morgan fingerprint density at radius 3 is 2.55 bits per heavy atom. The summed E-state index contributed by atoms with van der Waals surface area (Å²) in [4.78, 5) is 23.8. The van der Waals surface area contributed by atoms with Crippen molar-refractivity contribution in [3.63, 3.8) is 0 Å². The van der Waals surface area contributed by atoms with Crippen molar-refractivity contribution in [2.75, 3.05) is 25.0 Å². The smallest absolute Gasteiger partial charge is 0.253 e. The standard InChI is InChI=1S/C15H23N3O2/c1-4-16-10-14(19)18-13-8-6-5-7-12(13)15(20)17-9-11(2)3/h5-8,11,16H,4,9-10H2,1-3H3,(H,17,20)(H,18,19). The number of hydrogen-bond donors (Lipinski definition) is 3. The van der Waals surface area contributed by atoms with Crippen molar-refractivity contribution in [1.29, 1.82) is 0 Å². The average Bonchev–Trinajstić information content (AvgIpc) is 2.43. The first-order valence-electron chi connectivity index (χ1n) is 6.92. The van der Waals surface area contributed by atoms with Gasteiger partial charge in [-0.3, -0.25) is 9.59 Å². The van der Waals surface area contributed by atoms with Crippen LogP contribution < -0.4 is 16.0 Å². The summed E-state index contributed by atoms with van der Waals surface area (Å²) in [6.45, 7) is 7.57. The minimum absolute atomic E-state index is 0.157. The molecule has 3 N–H and O–H groups in total. The van der Waals surface area contributed by atoms with E-state index in [2.05, 4.69) is 16.0 Å². The van der Waals surface area contributed by atoms with E-state index >= 15 is 0 Å². The minimum atomic E-state index is -0.168. The first-order chi connectivity index (χ1) is 9.54. The van der Waals surface area contributed by atoms with Crippen molar-refractivity contribution in [3.8, 4) is 0 Å². The largest absolute Gasteiger partial charge is 0.352 e. The predicted molar refractivity (Wildman–Crippen MR) is 80.8 cm³/mol. The maximum atomic E-state index is 12.1. The molecule has 0 bridgehead atoms. The molecule has 0 atom stereocenters. The summed E-state index contributed by atoms with van der Waals surface area (Å²) in [7, 11) is 0. The lowest BCUT2D eigenvalue weighted by Gasteiger charge is -2.12. The molecule has 1 aromatic rings. The molecule has 0 spiro atoms. The average molecular weight is 277 g/mol. The molecule has 0 aliphatic carbocycles.